The normalized spacial score (nSPS) is 15.4. The minimum absolute atomic E-state index is 0.0106. The van der Waals surface area contributed by atoms with E-state index in [-0.39, 0.29) is 16.3 Å². The molecule has 1 atom stereocenters. The minimum atomic E-state index is -0.153. The summed E-state index contributed by atoms with van der Waals surface area (Å²) in [6, 6.07) is 9.81. The molecule has 1 unspecified atom stereocenters. The van der Waals surface area contributed by atoms with Gasteiger partial charge in [-0.2, -0.15) is 9.49 Å². The van der Waals surface area contributed by atoms with Crippen LogP contribution in [-0.2, 0) is 4.79 Å². The molecule has 0 spiro atoms. The van der Waals surface area contributed by atoms with Gasteiger partial charge >= 0.3 is 0 Å². The molecule has 5 heterocycles. The van der Waals surface area contributed by atoms with Crippen molar-refractivity contribution in [3.63, 3.8) is 0 Å². The van der Waals surface area contributed by atoms with Crippen molar-refractivity contribution >= 4 is 45.4 Å². The van der Waals surface area contributed by atoms with Gasteiger partial charge in [0, 0.05) is 35.0 Å². The zero-order valence-corrected chi connectivity index (χ0v) is 20.9. The number of carbonyl (C=O) groups excluding carboxylic acids is 1. The molecule has 4 aromatic heterocycles. The van der Waals surface area contributed by atoms with Crippen LogP contribution in [0, 0.1) is 0 Å². The zero-order valence-electron chi connectivity index (χ0n) is 20.1. The number of unbranched alkanes of at least 4 members (excludes halogenated alkanes) is 1. The summed E-state index contributed by atoms with van der Waals surface area (Å²) in [6.07, 6.45) is 9.68. The average Bonchev–Trinajstić information content (AvgIpc) is 3.64. The maximum absolute atomic E-state index is 13.7. The standard InChI is InChI=1S/C27H24FN7OS/c1-2-3-4-23(36)31-17-11-16(13-29-14-17)15-5-6-20-19(12-15)25(35-34-20)27-32-24-18(9-10-30-26(24)33-27)21-7-8-22(28)37-21/h5-6,8-14,21H,2-4,7H2,1H3,(H,31,36)(H,34,35)(H,30,32,33). The van der Waals surface area contributed by atoms with Crippen molar-refractivity contribution in [1.29, 1.82) is 0 Å². The molecular formula is C27H24FN7OS. The summed E-state index contributed by atoms with van der Waals surface area (Å²) in [6.45, 7) is 2.06. The zero-order chi connectivity index (χ0) is 25.4. The molecule has 0 saturated carbocycles. The number of nitrogens with one attached hydrogen (secondary N) is 3. The topological polar surface area (TPSA) is 112 Å². The van der Waals surface area contributed by atoms with Crippen molar-refractivity contribution in [2.24, 2.45) is 0 Å². The molecule has 0 aliphatic carbocycles. The lowest BCUT2D eigenvalue weighted by Gasteiger charge is -2.08. The van der Waals surface area contributed by atoms with E-state index < -0.39 is 0 Å². The molecule has 1 amide bonds. The van der Waals surface area contributed by atoms with Crippen LogP contribution in [0.15, 0.2) is 60.2 Å². The van der Waals surface area contributed by atoms with E-state index in [1.165, 1.54) is 11.8 Å². The van der Waals surface area contributed by atoms with Crippen LogP contribution in [-0.4, -0.2) is 36.0 Å². The maximum atomic E-state index is 13.7. The second-order valence-electron chi connectivity index (χ2n) is 8.98. The number of rotatable bonds is 7. The average molecular weight is 514 g/mol. The van der Waals surface area contributed by atoms with E-state index in [1.54, 1.807) is 24.7 Å². The summed E-state index contributed by atoms with van der Waals surface area (Å²) in [5.74, 6) is 0.575. The van der Waals surface area contributed by atoms with Crippen molar-refractivity contribution in [3.8, 4) is 22.6 Å². The number of hydrogen-bond acceptors (Lipinski definition) is 6. The highest BCUT2D eigenvalue weighted by atomic mass is 32.2. The van der Waals surface area contributed by atoms with Crippen LogP contribution in [0.4, 0.5) is 10.1 Å². The number of amides is 1. The predicted octanol–water partition coefficient (Wildman–Crippen LogP) is 6.68. The third kappa shape index (κ3) is 4.60. The van der Waals surface area contributed by atoms with E-state index in [4.69, 9.17) is 4.98 Å². The van der Waals surface area contributed by atoms with Gasteiger partial charge in [-0.3, -0.25) is 14.9 Å². The highest BCUT2D eigenvalue weighted by molar-refractivity contribution is 8.03. The number of aromatic nitrogens is 6. The molecule has 0 fully saturated rings. The van der Waals surface area contributed by atoms with Crippen molar-refractivity contribution < 1.29 is 9.18 Å². The fourth-order valence-electron chi connectivity index (χ4n) is 4.53. The number of H-pyrrole nitrogens is 2. The molecule has 0 saturated heterocycles. The maximum Gasteiger partial charge on any atom is 0.224 e. The van der Waals surface area contributed by atoms with Gasteiger partial charge in [-0.1, -0.05) is 31.2 Å². The molecule has 0 radical (unpaired) electrons. The first kappa shape index (κ1) is 23.4. The van der Waals surface area contributed by atoms with Crippen LogP contribution in [0.2, 0.25) is 0 Å². The van der Waals surface area contributed by atoms with Crippen LogP contribution < -0.4 is 5.32 Å². The Labute approximate surface area is 216 Å². The molecule has 1 aliphatic rings. The second-order valence-corrected chi connectivity index (χ2v) is 10.2. The lowest BCUT2D eigenvalue weighted by atomic mass is 10.0. The molecule has 3 N–H and O–H groups in total. The van der Waals surface area contributed by atoms with E-state index in [2.05, 4.69) is 37.4 Å². The number of imidazole rings is 1. The van der Waals surface area contributed by atoms with Gasteiger partial charge < -0.3 is 10.3 Å². The van der Waals surface area contributed by atoms with Gasteiger partial charge in [0.15, 0.2) is 16.6 Å². The summed E-state index contributed by atoms with van der Waals surface area (Å²) in [5, 5.41) is 11.3. The molecule has 8 nitrogen and oxygen atoms in total. The largest absolute Gasteiger partial charge is 0.335 e. The smallest absolute Gasteiger partial charge is 0.224 e. The first-order chi connectivity index (χ1) is 18.1. The Bertz CT molecular complexity index is 1660. The van der Waals surface area contributed by atoms with Crippen molar-refractivity contribution in [1.82, 2.24) is 30.1 Å². The lowest BCUT2D eigenvalue weighted by molar-refractivity contribution is -0.116. The van der Waals surface area contributed by atoms with E-state index in [9.17, 15) is 9.18 Å². The highest BCUT2D eigenvalue weighted by Crippen LogP contribution is 2.45. The number of thioether (sulfide) groups is 1. The summed E-state index contributed by atoms with van der Waals surface area (Å²) < 4.78 is 13.7. The molecule has 1 aliphatic heterocycles. The number of aromatic amines is 2. The van der Waals surface area contributed by atoms with Crippen LogP contribution in [0.1, 0.15) is 43.4 Å². The van der Waals surface area contributed by atoms with E-state index in [1.807, 2.05) is 30.3 Å². The molecule has 10 heteroatoms. The van der Waals surface area contributed by atoms with E-state index >= 15 is 0 Å². The van der Waals surface area contributed by atoms with Gasteiger partial charge in [-0.05, 0) is 54.3 Å². The lowest BCUT2D eigenvalue weighted by Crippen LogP contribution is -2.11. The first-order valence-electron chi connectivity index (χ1n) is 12.2. The number of halogens is 1. The summed E-state index contributed by atoms with van der Waals surface area (Å²) in [4.78, 5) is 29.0. The summed E-state index contributed by atoms with van der Waals surface area (Å²) in [5.41, 5.74) is 6.35. The monoisotopic (exact) mass is 513 g/mol. The Morgan fingerprint density at radius 2 is 2.14 bits per heavy atom. The fraction of sp³-hybridized carbons (Fsp3) is 0.222. The Hall–Kier alpha value is -4.05. The summed E-state index contributed by atoms with van der Waals surface area (Å²) >= 11 is 1.22. The number of anilines is 1. The highest BCUT2D eigenvalue weighted by Gasteiger charge is 2.24. The van der Waals surface area contributed by atoms with E-state index in [0.29, 0.717) is 35.7 Å². The molecule has 37 heavy (non-hydrogen) atoms. The predicted molar refractivity (Wildman–Crippen MR) is 145 cm³/mol. The number of hydrogen-bond donors (Lipinski definition) is 3. The number of pyridine rings is 2. The molecule has 1 aromatic carbocycles. The SMILES string of the molecule is CCCCC(=O)Nc1cncc(-c2ccc3[nH]nc(-c4nc5nccc(C6CC=C(F)S6)c5[nH]4)c3c2)c1. The van der Waals surface area contributed by atoms with Crippen LogP contribution in [0.5, 0.6) is 0 Å². The number of carbonyl (C=O) groups is 1. The number of benzene rings is 1. The van der Waals surface area contributed by atoms with Crippen LogP contribution in [0.3, 0.4) is 0 Å². The third-order valence-electron chi connectivity index (χ3n) is 6.42. The van der Waals surface area contributed by atoms with Crippen LogP contribution in [0.25, 0.3) is 44.7 Å². The van der Waals surface area contributed by atoms with Crippen molar-refractivity contribution in [2.45, 2.75) is 37.9 Å². The molecule has 0 bridgehead atoms. The van der Waals surface area contributed by atoms with Gasteiger partial charge in [0.25, 0.3) is 0 Å². The Balaban J connectivity index is 1.34. The van der Waals surface area contributed by atoms with Gasteiger partial charge in [0.2, 0.25) is 5.91 Å². The Kier molecular flexibility index (Phi) is 6.17. The van der Waals surface area contributed by atoms with E-state index in [0.717, 1.165) is 46.0 Å². The number of allylic oxidation sites excluding steroid dienone is 1. The Morgan fingerprint density at radius 3 is 2.97 bits per heavy atom. The molecule has 5 aromatic rings. The third-order valence-corrected chi connectivity index (χ3v) is 7.54. The minimum Gasteiger partial charge on any atom is -0.335 e. The quantitative estimate of drug-likeness (QED) is 0.224. The number of nitrogens with zero attached hydrogens (tertiary/aromatic N) is 4. The van der Waals surface area contributed by atoms with Crippen LogP contribution >= 0.6 is 11.8 Å². The molecule has 6 rings (SSSR count). The Morgan fingerprint density at radius 1 is 1.22 bits per heavy atom. The van der Waals surface area contributed by atoms with Gasteiger partial charge in [-0.15, -0.1) is 0 Å². The molecular weight excluding hydrogens is 489 g/mol. The van der Waals surface area contributed by atoms with Crippen molar-refractivity contribution in [2.75, 3.05) is 5.32 Å². The second kappa shape index (κ2) is 9.78. The van der Waals surface area contributed by atoms with Crippen molar-refractivity contribution in [3.05, 3.63) is 65.7 Å². The first-order valence-corrected chi connectivity index (χ1v) is 13.1. The fourth-order valence-corrected chi connectivity index (χ4v) is 5.51. The number of fused-ring (bicyclic) bond motifs is 2. The molecule has 186 valence electrons. The van der Waals surface area contributed by atoms with Gasteiger partial charge in [0.05, 0.1) is 22.9 Å². The van der Waals surface area contributed by atoms with Gasteiger partial charge in [0.1, 0.15) is 5.69 Å². The summed E-state index contributed by atoms with van der Waals surface area (Å²) in [7, 11) is 0. The van der Waals surface area contributed by atoms with Gasteiger partial charge in [-0.25, -0.2) is 9.97 Å².